The standard InChI is InChI=1S/C27H34N7O3S/c1-26(2,3)38(35)32-27(15-37-16-27)19-6-4-5-18(13-19)23-14-21(24-25(28)29-17-31-34(23)24)22-7-10-30-33(22)20-8-11-36-12-9-20/h4-7,10,13-14,17,20,32,35H,8-9,11-12,15-16H2,1-3H3,(H2,28,29,31)/q+1. The van der Waals surface area contributed by atoms with Gasteiger partial charge in [0.1, 0.15) is 17.4 Å². The molecule has 2 aliphatic rings. The average molecular weight is 537 g/mol. The molecule has 1 atom stereocenters. The van der Waals surface area contributed by atoms with Crippen LogP contribution in [0.1, 0.15) is 45.2 Å². The summed E-state index contributed by atoms with van der Waals surface area (Å²) in [5.41, 5.74) is 11.6. The second kappa shape index (κ2) is 9.65. The van der Waals surface area contributed by atoms with Crippen molar-refractivity contribution in [3.8, 4) is 22.5 Å². The van der Waals surface area contributed by atoms with E-state index in [0.717, 1.165) is 59.7 Å². The molecular formula is C27H34N7O3S+. The molecule has 5 heterocycles. The Kier molecular flexibility index (Phi) is 6.43. The minimum Gasteiger partial charge on any atom is -0.382 e. The Bertz CT molecular complexity index is 1450. The highest BCUT2D eigenvalue weighted by Crippen LogP contribution is 2.39. The smallest absolute Gasteiger partial charge is 0.241 e. The van der Waals surface area contributed by atoms with Gasteiger partial charge in [-0.3, -0.25) is 4.68 Å². The predicted octanol–water partition coefficient (Wildman–Crippen LogP) is 3.81. The minimum absolute atomic E-state index is 0.265. The third-order valence-electron chi connectivity index (χ3n) is 7.35. The molecule has 4 N–H and O–H groups in total. The summed E-state index contributed by atoms with van der Waals surface area (Å²) in [4.78, 5) is 4.30. The summed E-state index contributed by atoms with van der Waals surface area (Å²) < 4.78 is 29.2. The van der Waals surface area contributed by atoms with Crippen molar-refractivity contribution >= 4 is 22.7 Å². The lowest BCUT2D eigenvalue weighted by molar-refractivity contribution is -0.0665. The Morgan fingerprint density at radius 2 is 1.87 bits per heavy atom. The molecule has 11 heteroatoms. The summed E-state index contributed by atoms with van der Waals surface area (Å²) in [7, 11) is 0. The first kappa shape index (κ1) is 25.3. The van der Waals surface area contributed by atoms with Crippen LogP contribution in [0.15, 0.2) is 48.9 Å². The molecule has 2 fully saturated rings. The molecule has 200 valence electrons. The van der Waals surface area contributed by atoms with E-state index in [4.69, 9.17) is 15.2 Å². The van der Waals surface area contributed by atoms with Gasteiger partial charge in [0.2, 0.25) is 11.4 Å². The Hall–Kier alpha value is -2.96. The number of aromatic nitrogens is 5. The SMILES string of the molecule is CC(C)(C)[S+](O)NC1(c2cccc(-c3cc(-c4ccnn4C4CCOCC4)c4c(N)ncnn34)c2)COC1. The summed E-state index contributed by atoms with van der Waals surface area (Å²) in [5.74, 6) is 0.414. The van der Waals surface area contributed by atoms with Crippen LogP contribution in [0.3, 0.4) is 0 Å². The molecule has 2 saturated heterocycles. The highest BCUT2D eigenvalue weighted by Gasteiger charge is 2.50. The number of nitrogens with zero attached hydrogens (tertiary/aromatic N) is 5. The molecular weight excluding hydrogens is 502 g/mol. The number of nitrogens with two attached hydrogens (primary N) is 1. The highest BCUT2D eigenvalue weighted by atomic mass is 32.2. The minimum atomic E-state index is -0.995. The number of fused-ring (bicyclic) bond motifs is 1. The van der Waals surface area contributed by atoms with Crippen molar-refractivity contribution in [2.24, 2.45) is 0 Å². The van der Waals surface area contributed by atoms with Crippen molar-refractivity contribution in [1.29, 1.82) is 0 Å². The topological polar surface area (TPSA) is 125 Å². The fourth-order valence-electron chi connectivity index (χ4n) is 5.12. The molecule has 1 unspecified atom stereocenters. The van der Waals surface area contributed by atoms with E-state index < -0.39 is 16.9 Å². The number of hydrogen-bond donors (Lipinski definition) is 3. The number of benzene rings is 1. The third-order valence-corrected chi connectivity index (χ3v) is 9.09. The average Bonchev–Trinajstić information content (AvgIpc) is 3.52. The van der Waals surface area contributed by atoms with Crippen molar-refractivity contribution in [1.82, 2.24) is 29.1 Å². The maximum absolute atomic E-state index is 10.9. The summed E-state index contributed by atoms with van der Waals surface area (Å²) in [5, 5.41) is 9.27. The van der Waals surface area contributed by atoms with E-state index in [1.807, 2.05) is 43.6 Å². The van der Waals surface area contributed by atoms with Gasteiger partial charge in [0, 0.05) is 30.5 Å². The van der Waals surface area contributed by atoms with Crippen molar-refractivity contribution in [2.45, 2.75) is 49.9 Å². The first-order valence-electron chi connectivity index (χ1n) is 12.9. The predicted molar refractivity (Wildman–Crippen MR) is 149 cm³/mol. The van der Waals surface area contributed by atoms with Crippen molar-refractivity contribution in [3.63, 3.8) is 0 Å². The van der Waals surface area contributed by atoms with Gasteiger partial charge in [-0.1, -0.05) is 22.9 Å². The van der Waals surface area contributed by atoms with Gasteiger partial charge in [0.15, 0.2) is 10.6 Å². The monoisotopic (exact) mass is 536 g/mol. The quantitative estimate of drug-likeness (QED) is 0.318. The fourth-order valence-corrected chi connectivity index (χ4v) is 6.03. The lowest BCUT2D eigenvalue weighted by Crippen LogP contribution is -2.61. The lowest BCUT2D eigenvalue weighted by atomic mass is 9.88. The number of nitrogens with one attached hydrogen (secondary N) is 1. The zero-order chi connectivity index (χ0) is 26.5. The molecule has 0 saturated carbocycles. The Morgan fingerprint density at radius 3 is 2.58 bits per heavy atom. The van der Waals surface area contributed by atoms with Crippen LogP contribution in [0, 0.1) is 0 Å². The molecule has 38 heavy (non-hydrogen) atoms. The zero-order valence-corrected chi connectivity index (χ0v) is 22.7. The van der Waals surface area contributed by atoms with E-state index in [-0.39, 0.29) is 10.8 Å². The molecule has 1 aromatic carbocycles. The molecule has 6 rings (SSSR count). The van der Waals surface area contributed by atoms with Gasteiger partial charge >= 0.3 is 0 Å². The van der Waals surface area contributed by atoms with Gasteiger partial charge in [0.05, 0.1) is 30.6 Å². The van der Waals surface area contributed by atoms with Crippen LogP contribution < -0.4 is 10.5 Å². The summed E-state index contributed by atoms with van der Waals surface area (Å²) in [6.07, 6.45) is 5.15. The fraction of sp³-hybridized carbons (Fsp3) is 0.444. The second-order valence-corrected chi connectivity index (χ2v) is 13.0. The maximum Gasteiger partial charge on any atom is 0.241 e. The first-order chi connectivity index (χ1) is 18.3. The molecule has 4 aromatic rings. The van der Waals surface area contributed by atoms with E-state index in [1.165, 1.54) is 6.33 Å². The van der Waals surface area contributed by atoms with Gasteiger partial charge in [-0.05, 0) is 57.4 Å². The molecule has 0 amide bonds. The summed E-state index contributed by atoms with van der Waals surface area (Å²) in [6.45, 7) is 8.52. The second-order valence-electron chi connectivity index (χ2n) is 11.0. The van der Waals surface area contributed by atoms with Crippen molar-refractivity contribution in [3.05, 3.63) is 54.5 Å². The Balaban J connectivity index is 1.44. The van der Waals surface area contributed by atoms with Gasteiger partial charge in [-0.2, -0.15) is 14.8 Å². The molecule has 10 nitrogen and oxygen atoms in total. The van der Waals surface area contributed by atoms with Gasteiger partial charge in [-0.15, -0.1) is 0 Å². The van der Waals surface area contributed by atoms with Crippen LogP contribution in [0.5, 0.6) is 0 Å². The zero-order valence-electron chi connectivity index (χ0n) is 21.9. The molecule has 0 spiro atoms. The van der Waals surface area contributed by atoms with Crippen molar-refractivity contribution in [2.75, 3.05) is 32.2 Å². The van der Waals surface area contributed by atoms with E-state index in [2.05, 4.69) is 48.9 Å². The Morgan fingerprint density at radius 1 is 1.08 bits per heavy atom. The van der Waals surface area contributed by atoms with E-state index in [1.54, 1.807) is 0 Å². The van der Waals surface area contributed by atoms with Crippen LogP contribution >= 0.6 is 0 Å². The third kappa shape index (κ3) is 4.38. The first-order valence-corrected chi connectivity index (χ1v) is 14.1. The van der Waals surface area contributed by atoms with Crippen LogP contribution in [0.25, 0.3) is 28.0 Å². The molecule has 0 radical (unpaired) electrons. The van der Waals surface area contributed by atoms with Gasteiger partial charge in [-0.25, -0.2) is 9.50 Å². The van der Waals surface area contributed by atoms with Crippen molar-refractivity contribution < 1.29 is 14.0 Å². The number of anilines is 1. The van der Waals surface area contributed by atoms with E-state index in [9.17, 15) is 4.55 Å². The summed E-state index contributed by atoms with van der Waals surface area (Å²) >= 11 is -0.995. The molecule has 2 aliphatic heterocycles. The largest absolute Gasteiger partial charge is 0.382 e. The van der Waals surface area contributed by atoms with E-state index in [0.29, 0.717) is 19.0 Å². The number of hydrogen-bond acceptors (Lipinski definition) is 8. The van der Waals surface area contributed by atoms with Crippen LogP contribution in [-0.2, 0) is 26.4 Å². The van der Waals surface area contributed by atoms with Gasteiger partial charge in [0.25, 0.3) is 0 Å². The van der Waals surface area contributed by atoms with Gasteiger partial charge < -0.3 is 15.2 Å². The van der Waals surface area contributed by atoms with Crippen LogP contribution in [-0.4, -0.2) is 60.1 Å². The molecule has 0 aliphatic carbocycles. The summed E-state index contributed by atoms with van der Waals surface area (Å²) in [6, 6.07) is 12.7. The maximum atomic E-state index is 10.9. The van der Waals surface area contributed by atoms with E-state index >= 15 is 0 Å². The van der Waals surface area contributed by atoms with Crippen LogP contribution in [0.2, 0.25) is 0 Å². The number of ether oxygens (including phenoxy) is 2. The van der Waals surface area contributed by atoms with Crippen LogP contribution in [0.4, 0.5) is 5.82 Å². The molecule has 0 bridgehead atoms. The molecule has 3 aromatic heterocycles. The Labute approximate surface area is 224 Å². The highest BCUT2D eigenvalue weighted by molar-refractivity contribution is 7.90. The number of nitrogen functional groups attached to an aromatic ring is 1. The number of rotatable bonds is 6. The normalized spacial score (nSPS) is 18.9. The lowest BCUT2D eigenvalue weighted by Gasteiger charge is -2.40.